The minimum Gasteiger partial charge on any atom is -0.369 e. The van der Waals surface area contributed by atoms with Gasteiger partial charge in [-0.15, -0.1) is 11.8 Å². The molecule has 1 fully saturated rings. The summed E-state index contributed by atoms with van der Waals surface area (Å²) in [6.45, 7) is 6.27. The van der Waals surface area contributed by atoms with Crippen LogP contribution in [0.1, 0.15) is 13.3 Å². The second kappa shape index (κ2) is 9.49. The number of thioether (sulfide) groups is 1. The van der Waals surface area contributed by atoms with Crippen molar-refractivity contribution in [3.63, 3.8) is 0 Å². The summed E-state index contributed by atoms with van der Waals surface area (Å²) >= 11 is 7.50. The Morgan fingerprint density at radius 3 is 2.30 bits per heavy atom. The van der Waals surface area contributed by atoms with Gasteiger partial charge >= 0.3 is 0 Å². The van der Waals surface area contributed by atoms with Crippen molar-refractivity contribution in [2.24, 2.45) is 0 Å². The quantitative estimate of drug-likeness (QED) is 0.715. The molecule has 1 N–H and O–H groups in total. The maximum absolute atomic E-state index is 12.7. The van der Waals surface area contributed by atoms with Crippen LogP contribution in [0.5, 0.6) is 0 Å². The number of carbonyl (C=O) groups excluding carboxylic acids is 1. The molecule has 27 heavy (non-hydrogen) atoms. The molecule has 144 valence electrons. The van der Waals surface area contributed by atoms with Gasteiger partial charge in [-0.3, -0.25) is 4.79 Å². The smallest absolute Gasteiger partial charge is 0.237 e. The molecular formula is C21H26ClN3OS. The van der Waals surface area contributed by atoms with E-state index in [4.69, 9.17) is 11.6 Å². The first-order chi connectivity index (χ1) is 13.0. The van der Waals surface area contributed by atoms with E-state index in [1.807, 2.05) is 43.3 Å². The van der Waals surface area contributed by atoms with E-state index in [2.05, 4.69) is 34.3 Å². The SMILES string of the molecule is CC[C@H](Sc1ccc(Cl)cc1)C(=O)Nc1ccc(N2CCN(C)CC2)cc1. The van der Waals surface area contributed by atoms with Crippen LogP contribution in [0, 0.1) is 0 Å². The molecule has 0 saturated carbocycles. The number of anilines is 2. The third kappa shape index (κ3) is 5.64. The van der Waals surface area contributed by atoms with Crippen LogP contribution in [0.15, 0.2) is 53.4 Å². The lowest BCUT2D eigenvalue weighted by molar-refractivity contribution is -0.115. The van der Waals surface area contributed by atoms with Gasteiger partial charge in [-0.1, -0.05) is 18.5 Å². The molecule has 0 spiro atoms. The van der Waals surface area contributed by atoms with E-state index in [9.17, 15) is 4.79 Å². The fraction of sp³-hybridized carbons (Fsp3) is 0.381. The average molecular weight is 404 g/mol. The molecule has 0 bridgehead atoms. The maximum atomic E-state index is 12.7. The van der Waals surface area contributed by atoms with Crippen molar-refractivity contribution in [2.75, 3.05) is 43.4 Å². The largest absolute Gasteiger partial charge is 0.369 e. The van der Waals surface area contributed by atoms with Gasteiger partial charge in [0, 0.05) is 47.5 Å². The highest BCUT2D eigenvalue weighted by Gasteiger charge is 2.19. The lowest BCUT2D eigenvalue weighted by Crippen LogP contribution is -2.44. The number of likely N-dealkylation sites (N-methyl/N-ethyl adjacent to an activating group) is 1. The van der Waals surface area contributed by atoms with Crippen molar-refractivity contribution in [3.8, 4) is 0 Å². The number of nitrogens with zero attached hydrogens (tertiary/aromatic N) is 2. The second-order valence-electron chi connectivity index (χ2n) is 6.80. The molecule has 0 aromatic heterocycles. The van der Waals surface area contributed by atoms with E-state index >= 15 is 0 Å². The molecule has 0 aliphatic carbocycles. The number of nitrogens with one attached hydrogen (secondary N) is 1. The molecule has 0 unspecified atom stereocenters. The van der Waals surface area contributed by atoms with E-state index in [1.165, 1.54) is 5.69 Å². The summed E-state index contributed by atoms with van der Waals surface area (Å²) in [5, 5.41) is 3.62. The molecule has 1 aliphatic rings. The van der Waals surface area contributed by atoms with Crippen molar-refractivity contribution >= 4 is 40.6 Å². The van der Waals surface area contributed by atoms with Gasteiger partial charge in [0.15, 0.2) is 0 Å². The number of benzene rings is 2. The van der Waals surface area contributed by atoms with Crippen molar-refractivity contribution in [1.82, 2.24) is 4.90 Å². The predicted octanol–water partition coefficient (Wildman–Crippen LogP) is 4.60. The first-order valence-electron chi connectivity index (χ1n) is 9.32. The molecule has 1 atom stereocenters. The maximum Gasteiger partial charge on any atom is 0.237 e. The lowest BCUT2D eigenvalue weighted by Gasteiger charge is -2.34. The van der Waals surface area contributed by atoms with Crippen molar-refractivity contribution in [3.05, 3.63) is 53.6 Å². The Kier molecular flexibility index (Phi) is 7.05. The zero-order chi connectivity index (χ0) is 19.2. The molecule has 1 saturated heterocycles. The fourth-order valence-electron chi connectivity index (χ4n) is 3.04. The van der Waals surface area contributed by atoms with Crippen LogP contribution in [-0.2, 0) is 4.79 Å². The summed E-state index contributed by atoms with van der Waals surface area (Å²) in [6, 6.07) is 15.8. The molecule has 6 heteroatoms. The molecule has 1 amide bonds. The number of piperazine rings is 1. The highest BCUT2D eigenvalue weighted by molar-refractivity contribution is 8.00. The summed E-state index contributed by atoms with van der Waals surface area (Å²) in [4.78, 5) is 18.4. The van der Waals surface area contributed by atoms with Gasteiger partial charge < -0.3 is 15.1 Å². The molecule has 1 aliphatic heterocycles. The minimum atomic E-state index is -0.136. The molecule has 3 rings (SSSR count). The highest BCUT2D eigenvalue weighted by atomic mass is 35.5. The molecule has 0 radical (unpaired) electrons. The van der Waals surface area contributed by atoms with Gasteiger partial charge in [0.05, 0.1) is 5.25 Å². The van der Waals surface area contributed by atoms with Crippen molar-refractivity contribution in [1.29, 1.82) is 0 Å². The second-order valence-corrected chi connectivity index (χ2v) is 8.51. The first-order valence-corrected chi connectivity index (χ1v) is 10.6. The van der Waals surface area contributed by atoms with E-state index in [0.29, 0.717) is 5.02 Å². The van der Waals surface area contributed by atoms with Gasteiger partial charge in [-0.2, -0.15) is 0 Å². The van der Waals surface area contributed by atoms with Crippen LogP contribution in [0.25, 0.3) is 0 Å². The topological polar surface area (TPSA) is 35.6 Å². The number of amides is 1. The zero-order valence-corrected chi connectivity index (χ0v) is 17.4. The summed E-state index contributed by atoms with van der Waals surface area (Å²) < 4.78 is 0. The van der Waals surface area contributed by atoms with Gasteiger partial charge in [-0.25, -0.2) is 0 Å². The molecule has 4 nitrogen and oxygen atoms in total. The van der Waals surface area contributed by atoms with Gasteiger partial charge in [0.2, 0.25) is 5.91 Å². The average Bonchev–Trinajstić information content (AvgIpc) is 2.69. The van der Waals surface area contributed by atoms with Crippen molar-refractivity contribution < 1.29 is 4.79 Å². The number of halogens is 1. The predicted molar refractivity (Wildman–Crippen MR) is 116 cm³/mol. The van der Waals surface area contributed by atoms with Crippen LogP contribution in [0.2, 0.25) is 5.02 Å². The Hall–Kier alpha value is -1.69. The minimum absolute atomic E-state index is 0.0322. The van der Waals surface area contributed by atoms with Crippen LogP contribution >= 0.6 is 23.4 Å². The highest BCUT2D eigenvalue weighted by Crippen LogP contribution is 2.28. The Bertz CT molecular complexity index is 743. The van der Waals surface area contributed by atoms with Crippen LogP contribution in [-0.4, -0.2) is 49.3 Å². The van der Waals surface area contributed by atoms with E-state index in [1.54, 1.807) is 11.8 Å². The summed E-state index contributed by atoms with van der Waals surface area (Å²) in [5.41, 5.74) is 2.05. The standard InChI is InChI=1S/C21H26ClN3OS/c1-3-20(27-19-10-4-16(22)5-11-19)21(26)23-17-6-8-18(9-7-17)25-14-12-24(2)13-15-25/h4-11,20H,3,12-15H2,1-2H3,(H,23,26)/t20-/m0/s1. The van der Waals surface area contributed by atoms with E-state index in [0.717, 1.165) is 43.2 Å². The number of rotatable bonds is 6. The fourth-order valence-corrected chi connectivity index (χ4v) is 4.12. The molecule has 2 aromatic rings. The Balaban J connectivity index is 1.58. The first kappa shape index (κ1) is 20.1. The zero-order valence-electron chi connectivity index (χ0n) is 15.8. The summed E-state index contributed by atoms with van der Waals surface area (Å²) in [7, 11) is 2.15. The van der Waals surface area contributed by atoms with Gasteiger partial charge in [-0.05, 0) is 62.0 Å². The number of hydrogen-bond donors (Lipinski definition) is 1. The summed E-state index contributed by atoms with van der Waals surface area (Å²) in [6.07, 6.45) is 0.762. The third-order valence-corrected chi connectivity index (χ3v) is 6.39. The Morgan fingerprint density at radius 2 is 1.70 bits per heavy atom. The van der Waals surface area contributed by atoms with E-state index in [-0.39, 0.29) is 11.2 Å². The Morgan fingerprint density at radius 1 is 1.07 bits per heavy atom. The van der Waals surface area contributed by atoms with Gasteiger partial charge in [0.1, 0.15) is 0 Å². The molecular weight excluding hydrogens is 378 g/mol. The van der Waals surface area contributed by atoms with Crippen molar-refractivity contribution in [2.45, 2.75) is 23.5 Å². The van der Waals surface area contributed by atoms with E-state index < -0.39 is 0 Å². The van der Waals surface area contributed by atoms with Crippen LogP contribution in [0.4, 0.5) is 11.4 Å². The number of hydrogen-bond acceptors (Lipinski definition) is 4. The van der Waals surface area contributed by atoms with Gasteiger partial charge in [0.25, 0.3) is 0 Å². The Labute approximate surface area is 170 Å². The van der Waals surface area contributed by atoms with Crippen LogP contribution < -0.4 is 10.2 Å². The molecule has 2 aromatic carbocycles. The number of carbonyl (C=O) groups is 1. The lowest BCUT2D eigenvalue weighted by atomic mass is 10.2. The normalized spacial score (nSPS) is 16.2. The molecule has 1 heterocycles. The third-order valence-electron chi connectivity index (χ3n) is 4.76. The summed E-state index contributed by atoms with van der Waals surface area (Å²) in [5.74, 6) is 0.0322. The monoisotopic (exact) mass is 403 g/mol. The van der Waals surface area contributed by atoms with Crippen LogP contribution in [0.3, 0.4) is 0 Å².